The molecule has 3 rings (SSSR count). The highest BCUT2D eigenvalue weighted by Crippen LogP contribution is 2.18. The summed E-state index contributed by atoms with van der Waals surface area (Å²) in [5, 5.41) is 9.25. The number of carbonyl (C=O) groups is 1. The van der Waals surface area contributed by atoms with Gasteiger partial charge in [0, 0.05) is 0 Å². The predicted octanol–water partition coefficient (Wildman–Crippen LogP) is 2.50. The first kappa shape index (κ1) is 14.1. The van der Waals surface area contributed by atoms with Crippen molar-refractivity contribution in [2.75, 3.05) is 0 Å². The van der Waals surface area contributed by atoms with Crippen LogP contribution in [0.5, 0.6) is 0 Å². The predicted molar refractivity (Wildman–Crippen MR) is 84.1 cm³/mol. The van der Waals surface area contributed by atoms with E-state index in [1.54, 1.807) is 16.7 Å². The molecule has 0 aliphatic heterocycles. The van der Waals surface area contributed by atoms with E-state index in [0.29, 0.717) is 12.1 Å². The lowest BCUT2D eigenvalue weighted by molar-refractivity contribution is -0.140. The number of imidazole rings is 1. The Morgan fingerprint density at radius 2 is 1.64 bits per heavy atom. The molecule has 1 aromatic heterocycles. The minimum atomic E-state index is -1.02. The monoisotopic (exact) mass is 296 g/mol. The highest BCUT2D eigenvalue weighted by atomic mass is 16.4. The quantitative estimate of drug-likeness (QED) is 0.804. The van der Waals surface area contributed by atoms with Crippen LogP contribution in [0, 0.1) is 0 Å². The van der Waals surface area contributed by atoms with Gasteiger partial charge in [-0.15, -0.1) is 0 Å². The highest BCUT2D eigenvalue weighted by molar-refractivity contribution is 5.80. The number of carboxylic acid groups (broad SMARTS) is 1. The van der Waals surface area contributed by atoms with Crippen LogP contribution in [0.25, 0.3) is 11.0 Å². The van der Waals surface area contributed by atoms with Crippen LogP contribution in [-0.4, -0.2) is 20.2 Å². The fourth-order valence-electron chi connectivity index (χ4n) is 2.64. The summed E-state index contributed by atoms with van der Waals surface area (Å²) in [6.07, 6.45) is 0. The van der Waals surface area contributed by atoms with Crippen LogP contribution in [0.1, 0.15) is 18.5 Å². The van der Waals surface area contributed by atoms with Gasteiger partial charge in [0.2, 0.25) is 0 Å². The van der Waals surface area contributed by atoms with E-state index in [9.17, 15) is 14.7 Å². The number of rotatable bonds is 4. The van der Waals surface area contributed by atoms with E-state index in [4.69, 9.17) is 0 Å². The number of hydrogen-bond acceptors (Lipinski definition) is 2. The molecule has 0 aliphatic carbocycles. The molecule has 3 aromatic rings. The number of carboxylic acids is 1. The Balaban J connectivity index is 2.21. The normalized spacial score (nSPS) is 12.4. The zero-order valence-corrected chi connectivity index (χ0v) is 12.1. The molecular weight excluding hydrogens is 280 g/mol. The molecule has 0 bridgehead atoms. The summed E-state index contributed by atoms with van der Waals surface area (Å²) in [5.74, 6) is -1.02. The van der Waals surface area contributed by atoms with E-state index in [1.165, 1.54) is 11.5 Å². The smallest absolute Gasteiger partial charge is 0.330 e. The van der Waals surface area contributed by atoms with E-state index in [0.717, 1.165) is 11.1 Å². The van der Waals surface area contributed by atoms with Gasteiger partial charge in [0.05, 0.1) is 17.6 Å². The van der Waals surface area contributed by atoms with Crippen molar-refractivity contribution in [1.82, 2.24) is 9.13 Å². The molecule has 1 atom stereocenters. The van der Waals surface area contributed by atoms with E-state index in [-0.39, 0.29) is 5.69 Å². The Bertz CT molecular complexity index is 878. The third-order valence-electron chi connectivity index (χ3n) is 3.80. The molecule has 2 aromatic carbocycles. The van der Waals surface area contributed by atoms with Crippen LogP contribution in [0.4, 0.5) is 0 Å². The molecule has 22 heavy (non-hydrogen) atoms. The van der Waals surface area contributed by atoms with Crippen molar-refractivity contribution in [3.63, 3.8) is 0 Å². The van der Waals surface area contributed by atoms with Crippen LogP contribution in [0.15, 0.2) is 59.4 Å². The van der Waals surface area contributed by atoms with Gasteiger partial charge in [0.25, 0.3) is 0 Å². The molecule has 0 amide bonds. The van der Waals surface area contributed by atoms with Gasteiger partial charge in [0.15, 0.2) is 0 Å². The van der Waals surface area contributed by atoms with E-state index in [2.05, 4.69) is 0 Å². The number of aromatic nitrogens is 2. The van der Waals surface area contributed by atoms with Gasteiger partial charge in [-0.3, -0.25) is 9.13 Å². The second-order valence-corrected chi connectivity index (χ2v) is 5.23. The number of fused-ring (bicyclic) bond motifs is 1. The molecular formula is C17H16N2O3. The first-order valence-electron chi connectivity index (χ1n) is 7.06. The summed E-state index contributed by atoms with van der Waals surface area (Å²) in [6, 6.07) is 16.0. The first-order valence-corrected chi connectivity index (χ1v) is 7.06. The first-order chi connectivity index (χ1) is 10.6. The standard InChI is InChI=1S/C17H16N2O3/c1-12(16(20)21)19-15-10-6-5-9-14(15)18(17(19)22)11-13-7-3-2-4-8-13/h2-10,12H,11H2,1H3,(H,20,21). The molecule has 0 spiro atoms. The molecule has 5 heteroatoms. The molecule has 0 saturated heterocycles. The largest absolute Gasteiger partial charge is 0.480 e. The average Bonchev–Trinajstić information content (AvgIpc) is 2.80. The average molecular weight is 296 g/mol. The van der Waals surface area contributed by atoms with Crippen LogP contribution in [0.3, 0.4) is 0 Å². The number of benzene rings is 2. The maximum absolute atomic E-state index is 12.7. The summed E-state index contributed by atoms with van der Waals surface area (Å²) < 4.78 is 2.95. The van der Waals surface area contributed by atoms with Gasteiger partial charge in [0.1, 0.15) is 6.04 Å². The number of hydrogen-bond donors (Lipinski definition) is 1. The molecule has 0 radical (unpaired) electrons. The molecule has 5 nitrogen and oxygen atoms in total. The van der Waals surface area contributed by atoms with Gasteiger partial charge in [-0.2, -0.15) is 0 Å². The molecule has 1 heterocycles. The number of para-hydroxylation sites is 2. The van der Waals surface area contributed by atoms with E-state index in [1.807, 2.05) is 42.5 Å². The summed E-state index contributed by atoms with van der Waals surface area (Å²) in [4.78, 5) is 24.0. The Morgan fingerprint density at radius 3 is 2.27 bits per heavy atom. The molecule has 1 N–H and O–H groups in total. The molecule has 112 valence electrons. The van der Waals surface area contributed by atoms with Gasteiger partial charge >= 0.3 is 11.7 Å². The third kappa shape index (κ3) is 2.30. The summed E-state index contributed by atoms with van der Waals surface area (Å²) >= 11 is 0. The van der Waals surface area contributed by atoms with E-state index >= 15 is 0 Å². The molecule has 0 saturated carbocycles. The topological polar surface area (TPSA) is 64.2 Å². The maximum Gasteiger partial charge on any atom is 0.330 e. The van der Waals surface area contributed by atoms with Crippen molar-refractivity contribution in [3.05, 3.63) is 70.6 Å². The van der Waals surface area contributed by atoms with Crippen LogP contribution >= 0.6 is 0 Å². The van der Waals surface area contributed by atoms with Crippen molar-refractivity contribution in [1.29, 1.82) is 0 Å². The Morgan fingerprint density at radius 1 is 1.05 bits per heavy atom. The van der Waals surface area contributed by atoms with Crippen molar-refractivity contribution in [2.45, 2.75) is 19.5 Å². The van der Waals surface area contributed by atoms with Crippen molar-refractivity contribution in [2.24, 2.45) is 0 Å². The fraction of sp³-hybridized carbons (Fsp3) is 0.176. The summed E-state index contributed by atoms with van der Waals surface area (Å²) in [6.45, 7) is 1.93. The maximum atomic E-state index is 12.7. The molecule has 0 fully saturated rings. The van der Waals surface area contributed by atoms with E-state index < -0.39 is 12.0 Å². The van der Waals surface area contributed by atoms with Crippen LogP contribution in [-0.2, 0) is 11.3 Å². The third-order valence-corrected chi connectivity index (χ3v) is 3.80. The number of nitrogens with zero attached hydrogens (tertiary/aromatic N) is 2. The van der Waals surface area contributed by atoms with Gasteiger partial charge < -0.3 is 5.11 Å². The Kier molecular flexibility index (Phi) is 3.55. The molecule has 0 aliphatic rings. The summed E-state index contributed by atoms with van der Waals surface area (Å²) in [7, 11) is 0. The highest BCUT2D eigenvalue weighted by Gasteiger charge is 2.21. The fourth-order valence-corrected chi connectivity index (χ4v) is 2.64. The number of aliphatic carboxylic acids is 1. The van der Waals surface area contributed by atoms with Crippen molar-refractivity contribution < 1.29 is 9.90 Å². The zero-order chi connectivity index (χ0) is 15.7. The SMILES string of the molecule is CC(C(=O)O)n1c(=O)n(Cc2ccccc2)c2ccccc21. The lowest BCUT2D eigenvalue weighted by Crippen LogP contribution is -2.30. The Hall–Kier alpha value is -2.82. The van der Waals surface area contributed by atoms with Crippen LogP contribution in [0.2, 0.25) is 0 Å². The van der Waals surface area contributed by atoms with Crippen molar-refractivity contribution >= 4 is 17.0 Å². The van der Waals surface area contributed by atoms with Crippen molar-refractivity contribution in [3.8, 4) is 0 Å². The summed E-state index contributed by atoms with van der Waals surface area (Å²) in [5.41, 5.74) is 2.07. The lowest BCUT2D eigenvalue weighted by Gasteiger charge is -2.07. The minimum Gasteiger partial charge on any atom is -0.480 e. The van der Waals surface area contributed by atoms with Gasteiger partial charge in [-0.05, 0) is 24.6 Å². The van der Waals surface area contributed by atoms with Gasteiger partial charge in [-0.25, -0.2) is 9.59 Å². The Labute approximate surface area is 127 Å². The lowest BCUT2D eigenvalue weighted by atomic mass is 10.2. The minimum absolute atomic E-state index is 0.306. The van der Waals surface area contributed by atoms with Crippen LogP contribution < -0.4 is 5.69 Å². The second kappa shape index (κ2) is 5.52. The second-order valence-electron chi connectivity index (χ2n) is 5.23. The molecule has 1 unspecified atom stereocenters. The zero-order valence-electron chi connectivity index (χ0n) is 12.1. The van der Waals surface area contributed by atoms with Gasteiger partial charge in [-0.1, -0.05) is 42.5 Å².